The van der Waals surface area contributed by atoms with Crippen molar-refractivity contribution in [2.75, 3.05) is 0 Å². The average molecular weight is 699 g/mol. The zero-order chi connectivity index (χ0) is 36.1. The first-order chi connectivity index (χ1) is 23.9. The summed E-state index contributed by atoms with van der Waals surface area (Å²) in [6, 6.07) is 9.53. The Morgan fingerprint density at radius 3 is 1.22 bits per heavy atom. The molecule has 1 nitrogen and oxygen atoms in total. The van der Waals surface area contributed by atoms with E-state index in [-0.39, 0.29) is 34.1 Å². The van der Waals surface area contributed by atoms with Crippen molar-refractivity contribution in [3.63, 3.8) is 0 Å². The van der Waals surface area contributed by atoms with Gasteiger partial charge in [0.15, 0.2) is 5.78 Å². The number of ketones is 1. The molecule has 0 aliphatic heterocycles. The number of unbranched alkanes of at least 4 members (excludes halogenated alkanes) is 10. The van der Waals surface area contributed by atoms with Gasteiger partial charge in [0.25, 0.3) is 11.8 Å². The molecule has 4 rings (SSSR count). The highest BCUT2D eigenvalue weighted by Crippen LogP contribution is 2.43. The number of carbonyl (C=O) groups is 1. The van der Waals surface area contributed by atoms with Crippen LogP contribution in [0.1, 0.15) is 219 Å². The molecule has 0 unspecified atom stereocenters. The van der Waals surface area contributed by atoms with Gasteiger partial charge in [-0.1, -0.05) is 128 Å². The third-order valence-electron chi connectivity index (χ3n) is 12.1. The van der Waals surface area contributed by atoms with Gasteiger partial charge in [0.1, 0.15) is 0 Å². The predicted octanol–water partition coefficient (Wildman–Crippen LogP) is 15.2. The highest BCUT2D eigenvalue weighted by Gasteiger charge is 2.36. The number of carbonyl (C=O) groups excluding carboxylic acids is 1. The Kier molecular flexibility index (Phi) is 15.9. The molecule has 0 saturated heterocycles. The third-order valence-corrected chi connectivity index (χ3v) is 12.1. The summed E-state index contributed by atoms with van der Waals surface area (Å²) in [7, 11) is 0. The largest absolute Gasteiger partial charge is 0.289 e. The summed E-state index contributed by atoms with van der Waals surface area (Å²) in [6.07, 6.45) is 26.2. The summed E-state index contributed by atoms with van der Waals surface area (Å²) >= 11 is 0. The predicted molar refractivity (Wildman–Crippen MR) is 201 cm³/mol. The van der Waals surface area contributed by atoms with Crippen molar-refractivity contribution in [3.8, 4) is 0 Å². The lowest BCUT2D eigenvalue weighted by Crippen LogP contribution is -2.21. The molecule has 2 aromatic carbocycles. The molecule has 2 aromatic rings. The van der Waals surface area contributed by atoms with E-state index in [1.165, 1.54) is 114 Å². The zero-order valence-corrected chi connectivity index (χ0v) is 31.7. The molecule has 0 N–H and O–H groups in total. The third kappa shape index (κ3) is 11.9. The molecule has 0 atom stereocenters. The minimum Gasteiger partial charge on any atom is -0.289 e. The Labute approximate surface area is 301 Å². The molecule has 2 saturated carbocycles. The fraction of sp³-hybridized carbons (Fsp3) is 0.711. The first-order valence-electron chi connectivity index (χ1n) is 20.5. The highest BCUT2D eigenvalue weighted by atomic mass is 19.3. The van der Waals surface area contributed by atoms with Gasteiger partial charge in [0, 0.05) is 36.1 Å². The van der Waals surface area contributed by atoms with Gasteiger partial charge < -0.3 is 0 Å². The molecule has 50 heavy (non-hydrogen) atoms. The van der Waals surface area contributed by atoms with Crippen LogP contribution in [-0.4, -0.2) is 5.78 Å². The lowest BCUT2D eigenvalue weighted by Gasteiger charge is -2.30. The Hall–Kier alpha value is -2.17. The Morgan fingerprint density at radius 2 is 0.880 bits per heavy atom. The fourth-order valence-electron chi connectivity index (χ4n) is 8.89. The maximum Gasteiger partial charge on any atom is 0.271 e. The van der Waals surface area contributed by atoms with Gasteiger partial charge >= 0.3 is 0 Å². The van der Waals surface area contributed by atoms with Crippen LogP contribution in [0.3, 0.4) is 0 Å². The van der Waals surface area contributed by atoms with E-state index in [9.17, 15) is 4.79 Å². The Morgan fingerprint density at radius 1 is 0.540 bits per heavy atom. The molecule has 0 amide bonds. The number of alkyl halides is 4. The molecule has 0 radical (unpaired) electrons. The van der Waals surface area contributed by atoms with Gasteiger partial charge in [-0.25, -0.2) is 17.6 Å². The van der Waals surface area contributed by atoms with Gasteiger partial charge in [0.2, 0.25) is 0 Å². The van der Waals surface area contributed by atoms with Gasteiger partial charge in [-0.05, 0) is 98.3 Å². The quantitative estimate of drug-likeness (QED) is 0.0764. The van der Waals surface area contributed by atoms with Gasteiger partial charge in [-0.15, -0.1) is 0 Å². The monoisotopic (exact) mass is 699 g/mol. The van der Waals surface area contributed by atoms with E-state index >= 15 is 17.6 Å². The van der Waals surface area contributed by atoms with Crippen LogP contribution in [0.4, 0.5) is 17.6 Å². The van der Waals surface area contributed by atoms with Crippen LogP contribution in [0.25, 0.3) is 0 Å². The van der Waals surface area contributed by atoms with E-state index in [1.54, 1.807) is 12.1 Å². The summed E-state index contributed by atoms with van der Waals surface area (Å²) < 4.78 is 60.7. The van der Waals surface area contributed by atoms with Gasteiger partial charge in [-0.3, -0.25) is 4.79 Å². The van der Waals surface area contributed by atoms with Crippen molar-refractivity contribution < 1.29 is 22.4 Å². The maximum atomic E-state index is 15.2. The summed E-state index contributed by atoms with van der Waals surface area (Å²) in [6.45, 7) is 6.08. The first-order valence-corrected chi connectivity index (χ1v) is 20.5. The number of benzene rings is 2. The maximum absolute atomic E-state index is 15.2. The highest BCUT2D eigenvalue weighted by molar-refractivity contribution is 6.11. The van der Waals surface area contributed by atoms with Crippen LogP contribution >= 0.6 is 0 Å². The first kappa shape index (κ1) is 40.6. The topological polar surface area (TPSA) is 17.1 Å². The Balaban J connectivity index is 1.42. The van der Waals surface area contributed by atoms with Crippen LogP contribution in [0.15, 0.2) is 36.4 Å². The standard InChI is InChI=1S/C45H66F4O/c1-5-7-9-11-13-15-17-33-19-23-35(24-20-33)37-27-29-39(41(31-37)44(3,46)47)43(50)40-30-28-38(32-42(40)45(4,48)49)36-25-21-34(22-26-36)18-16-14-12-10-8-6-2/h27-36H,5-26H2,1-4H3. The number of hydrogen-bond acceptors (Lipinski definition) is 1. The van der Waals surface area contributed by atoms with Crippen LogP contribution in [0.2, 0.25) is 0 Å². The minimum atomic E-state index is -3.28. The van der Waals surface area contributed by atoms with E-state index in [0.717, 1.165) is 76.3 Å². The smallest absolute Gasteiger partial charge is 0.271 e. The Bertz CT molecular complexity index is 1210. The second-order valence-corrected chi connectivity index (χ2v) is 16.3. The molecule has 280 valence electrons. The molecule has 5 heteroatoms. The van der Waals surface area contributed by atoms with E-state index in [2.05, 4.69) is 13.8 Å². The molecular weight excluding hydrogens is 632 g/mol. The molecule has 2 fully saturated rings. The van der Waals surface area contributed by atoms with Gasteiger partial charge in [-0.2, -0.15) is 0 Å². The molecule has 2 aliphatic carbocycles. The zero-order valence-electron chi connectivity index (χ0n) is 31.7. The molecule has 0 heterocycles. The van der Waals surface area contributed by atoms with E-state index in [4.69, 9.17) is 0 Å². The fourth-order valence-corrected chi connectivity index (χ4v) is 8.89. The summed E-state index contributed by atoms with van der Waals surface area (Å²) in [5.74, 6) is -5.56. The lowest BCUT2D eigenvalue weighted by molar-refractivity contribution is 0.0158. The SMILES string of the molecule is CCCCCCCCC1CCC(c2ccc(C(=O)c3ccc(C4CCC(CCCCCCCC)CC4)cc3C(C)(F)F)c(C(C)(F)F)c2)CC1. The number of halogens is 4. The van der Waals surface area contributed by atoms with E-state index < -0.39 is 17.6 Å². The van der Waals surface area contributed by atoms with Crippen molar-refractivity contribution in [2.24, 2.45) is 11.8 Å². The van der Waals surface area contributed by atoms with E-state index in [1.807, 2.05) is 0 Å². The number of rotatable bonds is 20. The average Bonchev–Trinajstić information content (AvgIpc) is 3.10. The van der Waals surface area contributed by atoms with Crippen molar-refractivity contribution in [1.82, 2.24) is 0 Å². The summed E-state index contributed by atoms with van der Waals surface area (Å²) in [4.78, 5) is 13.9. The van der Waals surface area contributed by atoms with Crippen LogP contribution in [0.5, 0.6) is 0 Å². The molecule has 0 spiro atoms. The van der Waals surface area contributed by atoms with Crippen molar-refractivity contribution in [2.45, 2.75) is 193 Å². The van der Waals surface area contributed by atoms with Crippen LogP contribution in [-0.2, 0) is 11.8 Å². The molecule has 0 bridgehead atoms. The summed E-state index contributed by atoms with van der Waals surface area (Å²) in [5, 5.41) is 0. The van der Waals surface area contributed by atoms with E-state index in [0.29, 0.717) is 11.8 Å². The second kappa shape index (κ2) is 19.6. The molecule has 2 aliphatic rings. The van der Waals surface area contributed by atoms with Crippen molar-refractivity contribution in [1.29, 1.82) is 0 Å². The lowest BCUT2D eigenvalue weighted by atomic mass is 9.75. The number of hydrogen-bond donors (Lipinski definition) is 0. The van der Waals surface area contributed by atoms with Crippen LogP contribution < -0.4 is 0 Å². The molecule has 0 aromatic heterocycles. The van der Waals surface area contributed by atoms with Gasteiger partial charge in [0.05, 0.1) is 0 Å². The second-order valence-electron chi connectivity index (χ2n) is 16.3. The van der Waals surface area contributed by atoms with Crippen molar-refractivity contribution >= 4 is 5.78 Å². The normalized spacial score (nSPS) is 21.8. The minimum absolute atomic E-state index is 0.175. The van der Waals surface area contributed by atoms with Crippen LogP contribution in [0, 0.1) is 11.8 Å². The van der Waals surface area contributed by atoms with Crippen molar-refractivity contribution in [3.05, 3.63) is 69.8 Å². The molecular formula is C45H66F4O. The summed E-state index contributed by atoms with van der Waals surface area (Å²) in [5.41, 5.74) is 0.608.